The molecule has 0 amide bonds. The van der Waals surface area contributed by atoms with Crippen molar-refractivity contribution in [3.05, 3.63) is 28.2 Å². The summed E-state index contributed by atoms with van der Waals surface area (Å²) in [6.07, 6.45) is 1.95. The van der Waals surface area contributed by atoms with Gasteiger partial charge in [0.15, 0.2) is 0 Å². The summed E-state index contributed by atoms with van der Waals surface area (Å²) in [7, 11) is 0. The molecule has 0 aromatic heterocycles. The third-order valence-corrected chi connectivity index (χ3v) is 2.83. The van der Waals surface area contributed by atoms with E-state index in [0.29, 0.717) is 0 Å². The highest BCUT2D eigenvalue weighted by Crippen LogP contribution is 2.31. The molecule has 10 heavy (non-hydrogen) atoms. The topological polar surface area (TPSA) is 0 Å². The quantitative estimate of drug-likeness (QED) is 0.612. The van der Waals surface area contributed by atoms with Crippen LogP contribution < -0.4 is 0 Å². The molecule has 0 aliphatic carbocycles. The highest BCUT2D eigenvalue weighted by atomic mass is 35.5. The summed E-state index contributed by atoms with van der Waals surface area (Å²) >= 11 is 13.2. The van der Waals surface area contributed by atoms with Gasteiger partial charge in [-0.1, -0.05) is 29.3 Å². The van der Waals surface area contributed by atoms with Gasteiger partial charge in [0.05, 0.1) is 10.0 Å². The van der Waals surface area contributed by atoms with Crippen LogP contribution in [0.3, 0.4) is 0 Å². The van der Waals surface area contributed by atoms with Gasteiger partial charge in [-0.25, -0.2) is 0 Å². The SMILES string of the molecule is CSc1c(Cl)cccc1Cl. The maximum Gasteiger partial charge on any atom is 0.0556 e. The van der Waals surface area contributed by atoms with E-state index in [-0.39, 0.29) is 0 Å². The molecule has 0 atom stereocenters. The van der Waals surface area contributed by atoms with Crippen molar-refractivity contribution in [3.63, 3.8) is 0 Å². The van der Waals surface area contributed by atoms with Crippen LogP contribution >= 0.6 is 35.0 Å². The van der Waals surface area contributed by atoms with Crippen molar-refractivity contribution in [2.75, 3.05) is 6.26 Å². The number of hydrogen-bond acceptors (Lipinski definition) is 1. The van der Waals surface area contributed by atoms with Crippen molar-refractivity contribution in [2.24, 2.45) is 0 Å². The van der Waals surface area contributed by atoms with E-state index in [2.05, 4.69) is 0 Å². The third kappa shape index (κ3) is 1.60. The van der Waals surface area contributed by atoms with E-state index in [4.69, 9.17) is 23.2 Å². The van der Waals surface area contributed by atoms with Crippen LogP contribution in [0.25, 0.3) is 0 Å². The van der Waals surface area contributed by atoms with Gasteiger partial charge in [0.2, 0.25) is 0 Å². The fraction of sp³-hybridized carbons (Fsp3) is 0.143. The van der Waals surface area contributed by atoms with E-state index in [1.807, 2.05) is 24.5 Å². The van der Waals surface area contributed by atoms with Crippen molar-refractivity contribution < 1.29 is 0 Å². The third-order valence-electron chi connectivity index (χ3n) is 1.12. The van der Waals surface area contributed by atoms with E-state index >= 15 is 0 Å². The molecule has 0 saturated heterocycles. The van der Waals surface area contributed by atoms with Crippen molar-refractivity contribution in [2.45, 2.75) is 4.90 Å². The van der Waals surface area contributed by atoms with Gasteiger partial charge in [-0.2, -0.15) is 0 Å². The zero-order valence-corrected chi connectivity index (χ0v) is 7.72. The Morgan fingerprint density at radius 3 is 2.00 bits per heavy atom. The predicted molar refractivity (Wildman–Crippen MR) is 48.2 cm³/mol. The molecule has 0 nitrogen and oxygen atoms in total. The lowest BCUT2D eigenvalue weighted by Crippen LogP contribution is -1.73. The van der Waals surface area contributed by atoms with E-state index in [1.54, 1.807) is 11.8 Å². The smallest absolute Gasteiger partial charge is 0.0556 e. The first-order chi connectivity index (χ1) is 4.75. The first-order valence-electron chi connectivity index (χ1n) is 2.73. The summed E-state index contributed by atoms with van der Waals surface area (Å²) in [4.78, 5) is 0.950. The Labute approximate surface area is 74.5 Å². The van der Waals surface area contributed by atoms with Gasteiger partial charge in [-0.3, -0.25) is 0 Å². The minimum Gasteiger partial charge on any atom is -0.127 e. The average molecular weight is 193 g/mol. The molecule has 1 rings (SSSR count). The molecule has 0 aliphatic heterocycles. The van der Waals surface area contributed by atoms with Gasteiger partial charge >= 0.3 is 0 Å². The highest BCUT2D eigenvalue weighted by molar-refractivity contribution is 7.98. The normalized spacial score (nSPS) is 9.90. The van der Waals surface area contributed by atoms with Crippen LogP contribution in [0.15, 0.2) is 23.1 Å². The maximum atomic E-state index is 5.82. The van der Waals surface area contributed by atoms with E-state index in [0.717, 1.165) is 14.9 Å². The van der Waals surface area contributed by atoms with Gasteiger partial charge in [-0.15, -0.1) is 11.8 Å². The van der Waals surface area contributed by atoms with Crippen LogP contribution in [0.1, 0.15) is 0 Å². The zero-order valence-electron chi connectivity index (χ0n) is 5.40. The van der Waals surface area contributed by atoms with Gasteiger partial charge in [0.25, 0.3) is 0 Å². The van der Waals surface area contributed by atoms with Crippen molar-refractivity contribution >= 4 is 35.0 Å². The van der Waals surface area contributed by atoms with E-state index in [9.17, 15) is 0 Å². The Morgan fingerprint density at radius 1 is 1.20 bits per heavy atom. The molecule has 0 saturated carbocycles. The fourth-order valence-corrected chi connectivity index (χ4v) is 2.06. The average Bonchev–Trinajstić information content (AvgIpc) is 1.88. The van der Waals surface area contributed by atoms with Crippen LogP contribution in [0.5, 0.6) is 0 Å². The molecule has 3 heteroatoms. The molecule has 1 aromatic carbocycles. The summed E-state index contributed by atoms with van der Waals surface area (Å²) in [6, 6.07) is 5.50. The molecule has 0 bridgehead atoms. The van der Waals surface area contributed by atoms with Crippen LogP contribution in [-0.2, 0) is 0 Å². The second kappa shape index (κ2) is 3.51. The number of hydrogen-bond donors (Lipinski definition) is 0. The Hall–Kier alpha value is 0.150. The molecular formula is C7H6Cl2S. The molecule has 0 fully saturated rings. The number of benzene rings is 1. The van der Waals surface area contributed by atoms with Crippen molar-refractivity contribution in [3.8, 4) is 0 Å². The number of halogens is 2. The maximum absolute atomic E-state index is 5.82. The second-order valence-electron chi connectivity index (χ2n) is 1.75. The number of rotatable bonds is 1. The van der Waals surface area contributed by atoms with Gasteiger partial charge in [0.1, 0.15) is 0 Å². The largest absolute Gasteiger partial charge is 0.127 e. The Morgan fingerprint density at radius 2 is 1.70 bits per heavy atom. The molecule has 0 N–H and O–H groups in total. The molecule has 0 unspecified atom stereocenters. The van der Waals surface area contributed by atoms with Crippen LogP contribution in [0.4, 0.5) is 0 Å². The summed E-state index contributed by atoms with van der Waals surface area (Å²) in [5.41, 5.74) is 0. The van der Waals surface area contributed by atoms with Gasteiger partial charge < -0.3 is 0 Å². The minimum atomic E-state index is 0.722. The molecule has 1 aromatic rings. The molecule has 0 aliphatic rings. The first kappa shape index (κ1) is 8.25. The highest BCUT2D eigenvalue weighted by Gasteiger charge is 2.01. The lowest BCUT2D eigenvalue weighted by Gasteiger charge is -2.00. The Balaban J connectivity index is 3.17. The lowest BCUT2D eigenvalue weighted by atomic mass is 10.4. The molecule has 0 heterocycles. The Kier molecular flexibility index (Phi) is 2.90. The molecule has 0 radical (unpaired) electrons. The summed E-state index contributed by atoms with van der Waals surface area (Å²) in [6.45, 7) is 0. The summed E-state index contributed by atoms with van der Waals surface area (Å²) in [5.74, 6) is 0. The van der Waals surface area contributed by atoms with Crippen molar-refractivity contribution in [1.82, 2.24) is 0 Å². The molecule has 0 spiro atoms. The fourth-order valence-electron chi connectivity index (χ4n) is 0.678. The van der Waals surface area contributed by atoms with Crippen LogP contribution in [0.2, 0.25) is 10.0 Å². The Bertz CT molecular complexity index is 215. The minimum absolute atomic E-state index is 0.722. The van der Waals surface area contributed by atoms with E-state index < -0.39 is 0 Å². The van der Waals surface area contributed by atoms with Crippen LogP contribution in [-0.4, -0.2) is 6.26 Å². The predicted octanol–water partition coefficient (Wildman–Crippen LogP) is 3.72. The lowest BCUT2D eigenvalue weighted by molar-refractivity contribution is 1.47. The first-order valence-corrected chi connectivity index (χ1v) is 4.72. The standard InChI is InChI=1S/C7H6Cl2S/c1-10-7-5(8)3-2-4-6(7)9/h2-4H,1H3. The second-order valence-corrected chi connectivity index (χ2v) is 3.39. The molecular weight excluding hydrogens is 187 g/mol. The monoisotopic (exact) mass is 192 g/mol. The summed E-state index contributed by atoms with van der Waals surface area (Å²) < 4.78 is 0. The van der Waals surface area contributed by atoms with Crippen LogP contribution in [0, 0.1) is 0 Å². The summed E-state index contributed by atoms with van der Waals surface area (Å²) in [5, 5.41) is 1.44. The van der Waals surface area contributed by atoms with E-state index in [1.165, 1.54) is 0 Å². The number of thioether (sulfide) groups is 1. The van der Waals surface area contributed by atoms with Gasteiger partial charge in [-0.05, 0) is 18.4 Å². The zero-order chi connectivity index (χ0) is 7.56. The molecule has 54 valence electrons. The van der Waals surface area contributed by atoms with Crippen molar-refractivity contribution in [1.29, 1.82) is 0 Å². The van der Waals surface area contributed by atoms with Gasteiger partial charge in [0, 0.05) is 4.90 Å².